The van der Waals surface area contributed by atoms with Crippen LogP contribution in [-0.2, 0) is 22.9 Å². The summed E-state index contributed by atoms with van der Waals surface area (Å²) >= 11 is 0. The minimum Gasteiger partial charge on any atom is -0.371 e. The molecular weight excluding hydrogens is 422 g/mol. The number of phosphoric ester groups is 2. The van der Waals surface area contributed by atoms with Crippen LogP contribution < -0.4 is 11.1 Å². The average Bonchev–Trinajstić information content (AvgIpc) is 3.13. The number of rotatable bonds is 7. The standard InChI is InChI=1S/C11H18N6O9P2/c1-13-9-8-10(16-11(12)15-9)17(4-14-8)7-2-5(26-28(21,22)23)6(25-7)3-24-27(18,19)20/h4-7H,2-3H2,1H3,(H2,18,19,20)(H2,21,22,23)(H3,12,13,15,16)/t5-,6-,7-/m1/s1. The number of anilines is 2. The van der Waals surface area contributed by atoms with E-state index in [0.717, 1.165) is 0 Å². The summed E-state index contributed by atoms with van der Waals surface area (Å²) in [6.45, 7) is -0.656. The van der Waals surface area contributed by atoms with Gasteiger partial charge in [0.1, 0.15) is 18.4 Å². The maximum atomic E-state index is 11.2. The van der Waals surface area contributed by atoms with Crippen molar-refractivity contribution in [3.8, 4) is 0 Å². The number of hydrogen-bond donors (Lipinski definition) is 6. The van der Waals surface area contributed by atoms with E-state index in [1.807, 2.05) is 0 Å². The number of fused-ring (bicyclic) bond motifs is 1. The molecule has 7 N–H and O–H groups in total. The van der Waals surface area contributed by atoms with E-state index in [4.69, 9.17) is 34.6 Å². The average molecular weight is 440 g/mol. The van der Waals surface area contributed by atoms with Gasteiger partial charge in [0, 0.05) is 13.5 Å². The van der Waals surface area contributed by atoms with Crippen molar-refractivity contribution in [3.63, 3.8) is 0 Å². The predicted octanol–water partition coefficient (Wildman–Crippen LogP) is -0.675. The van der Waals surface area contributed by atoms with Crippen LogP contribution >= 0.6 is 15.6 Å². The summed E-state index contributed by atoms with van der Waals surface area (Å²) < 4.78 is 38.3. The molecule has 15 nitrogen and oxygen atoms in total. The Morgan fingerprint density at radius 1 is 1.32 bits per heavy atom. The maximum absolute atomic E-state index is 11.2. The monoisotopic (exact) mass is 440 g/mol. The van der Waals surface area contributed by atoms with Gasteiger partial charge in [-0.2, -0.15) is 9.97 Å². The van der Waals surface area contributed by atoms with E-state index in [9.17, 15) is 9.13 Å². The predicted molar refractivity (Wildman–Crippen MR) is 92.7 cm³/mol. The number of phosphoric acid groups is 2. The normalized spacial score (nSPS) is 23.4. The molecule has 1 saturated heterocycles. The van der Waals surface area contributed by atoms with Crippen molar-refractivity contribution in [3.05, 3.63) is 6.33 Å². The summed E-state index contributed by atoms with van der Waals surface area (Å²) in [4.78, 5) is 48.2. The molecule has 0 aromatic carbocycles. The van der Waals surface area contributed by atoms with Crippen LogP contribution in [0.2, 0.25) is 0 Å². The number of imidazole rings is 1. The van der Waals surface area contributed by atoms with E-state index in [2.05, 4.69) is 24.8 Å². The van der Waals surface area contributed by atoms with Crippen LogP contribution in [0.3, 0.4) is 0 Å². The van der Waals surface area contributed by atoms with Crippen molar-refractivity contribution in [2.75, 3.05) is 24.7 Å². The fraction of sp³-hybridized carbons (Fsp3) is 0.545. The molecule has 1 aliphatic heterocycles. The van der Waals surface area contributed by atoms with Gasteiger partial charge in [-0.15, -0.1) is 0 Å². The van der Waals surface area contributed by atoms with Crippen molar-refractivity contribution in [1.82, 2.24) is 19.5 Å². The van der Waals surface area contributed by atoms with E-state index in [0.29, 0.717) is 11.3 Å². The molecule has 3 rings (SSSR count). The Morgan fingerprint density at radius 2 is 2.04 bits per heavy atom. The number of hydrogen-bond acceptors (Lipinski definition) is 10. The molecular formula is C11H18N6O9P2. The first kappa shape index (κ1) is 21.0. The summed E-state index contributed by atoms with van der Waals surface area (Å²) in [7, 11) is -8.11. The third kappa shape index (κ3) is 4.84. The van der Waals surface area contributed by atoms with Gasteiger partial charge in [0.2, 0.25) is 5.95 Å². The Labute approximate surface area is 157 Å². The van der Waals surface area contributed by atoms with E-state index in [1.54, 1.807) is 7.05 Å². The zero-order valence-corrected chi connectivity index (χ0v) is 16.1. The van der Waals surface area contributed by atoms with E-state index >= 15 is 0 Å². The van der Waals surface area contributed by atoms with Gasteiger partial charge in [0.25, 0.3) is 0 Å². The van der Waals surface area contributed by atoms with Crippen LogP contribution in [0.25, 0.3) is 11.2 Å². The lowest BCUT2D eigenvalue weighted by Crippen LogP contribution is -2.28. The molecule has 156 valence electrons. The molecule has 0 spiro atoms. The molecule has 3 heterocycles. The Kier molecular flexibility index (Phi) is 5.74. The first-order valence-electron chi connectivity index (χ1n) is 7.74. The van der Waals surface area contributed by atoms with Crippen molar-refractivity contribution in [1.29, 1.82) is 0 Å². The third-order valence-electron chi connectivity index (χ3n) is 3.85. The molecule has 1 aliphatic rings. The summed E-state index contributed by atoms with van der Waals surface area (Å²) in [6, 6.07) is 0. The van der Waals surface area contributed by atoms with Crippen molar-refractivity contribution >= 4 is 38.6 Å². The summed E-state index contributed by atoms with van der Waals surface area (Å²) in [6.07, 6.45) is -1.97. The lowest BCUT2D eigenvalue weighted by atomic mass is 10.2. The van der Waals surface area contributed by atoms with Gasteiger partial charge < -0.3 is 35.4 Å². The highest BCUT2D eigenvalue weighted by Gasteiger charge is 2.42. The van der Waals surface area contributed by atoms with Crippen molar-refractivity contribution < 1.29 is 42.5 Å². The molecule has 0 amide bonds. The van der Waals surface area contributed by atoms with Gasteiger partial charge in [-0.05, 0) is 0 Å². The van der Waals surface area contributed by atoms with Gasteiger partial charge >= 0.3 is 15.6 Å². The Morgan fingerprint density at radius 3 is 2.64 bits per heavy atom. The number of nitrogens with one attached hydrogen (secondary N) is 1. The fourth-order valence-corrected chi connectivity index (χ4v) is 3.71. The van der Waals surface area contributed by atoms with Crippen LogP contribution in [0.15, 0.2) is 6.33 Å². The fourth-order valence-electron chi connectivity index (χ4n) is 2.80. The number of ether oxygens (including phenoxy) is 1. The molecule has 0 aliphatic carbocycles. The highest BCUT2D eigenvalue weighted by atomic mass is 31.2. The topological polar surface area (TPSA) is 224 Å². The minimum absolute atomic E-state index is 0.0407. The van der Waals surface area contributed by atoms with Gasteiger partial charge in [0.15, 0.2) is 17.0 Å². The largest absolute Gasteiger partial charge is 0.469 e. The quantitative estimate of drug-likeness (QED) is 0.294. The minimum atomic E-state index is -4.90. The summed E-state index contributed by atoms with van der Waals surface area (Å²) in [5, 5.41) is 2.82. The maximum Gasteiger partial charge on any atom is 0.469 e. The van der Waals surface area contributed by atoms with Crippen molar-refractivity contribution in [2.24, 2.45) is 0 Å². The van der Waals surface area contributed by atoms with Crippen LogP contribution in [0.4, 0.5) is 11.8 Å². The SMILES string of the molecule is CNc1nc(N)nc2c1ncn2[C@H]1C[C@@H](OP(=O)(O)O)[C@@H](COP(=O)(O)O)O1. The van der Waals surface area contributed by atoms with Gasteiger partial charge in [-0.25, -0.2) is 14.1 Å². The molecule has 2 aromatic rings. The second-order valence-corrected chi connectivity index (χ2v) is 8.22. The number of nitrogens with two attached hydrogens (primary N) is 1. The molecule has 28 heavy (non-hydrogen) atoms. The zero-order chi connectivity index (χ0) is 20.7. The third-order valence-corrected chi connectivity index (χ3v) is 4.88. The zero-order valence-electron chi connectivity index (χ0n) is 14.3. The van der Waals surface area contributed by atoms with Crippen LogP contribution in [-0.4, -0.2) is 65.0 Å². The molecule has 2 aromatic heterocycles. The van der Waals surface area contributed by atoms with Crippen LogP contribution in [0, 0.1) is 0 Å². The van der Waals surface area contributed by atoms with Crippen LogP contribution in [0.5, 0.6) is 0 Å². The Bertz CT molecular complexity index is 957. The summed E-state index contributed by atoms with van der Waals surface area (Å²) in [5.41, 5.74) is 6.34. The first-order valence-corrected chi connectivity index (χ1v) is 10.8. The molecule has 3 atom stereocenters. The van der Waals surface area contributed by atoms with Crippen LogP contribution in [0.1, 0.15) is 12.6 Å². The van der Waals surface area contributed by atoms with E-state index < -0.39 is 40.7 Å². The van der Waals surface area contributed by atoms with E-state index in [-0.39, 0.29) is 18.0 Å². The lowest BCUT2D eigenvalue weighted by molar-refractivity contribution is -0.0417. The Balaban J connectivity index is 1.90. The molecule has 1 fully saturated rings. The molecule has 0 radical (unpaired) electrons. The summed E-state index contributed by atoms with van der Waals surface area (Å²) in [5.74, 6) is 0.324. The molecule has 17 heteroatoms. The lowest BCUT2D eigenvalue weighted by Gasteiger charge is -2.19. The second kappa shape index (κ2) is 7.63. The smallest absolute Gasteiger partial charge is 0.371 e. The highest BCUT2D eigenvalue weighted by molar-refractivity contribution is 7.46. The Hall–Kier alpha value is -1.67. The molecule has 0 bridgehead atoms. The molecule has 0 saturated carbocycles. The van der Waals surface area contributed by atoms with Gasteiger partial charge in [-0.3, -0.25) is 13.6 Å². The van der Waals surface area contributed by atoms with Gasteiger partial charge in [0.05, 0.1) is 12.9 Å². The van der Waals surface area contributed by atoms with Crippen molar-refractivity contribution in [2.45, 2.75) is 24.9 Å². The molecule has 0 unspecified atom stereocenters. The number of nitrogens with zero attached hydrogens (tertiary/aromatic N) is 4. The van der Waals surface area contributed by atoms with E-state index in [1.165, 1.54) is 10.9 Å². The number of aromatic nitrogens is 4. The number of nitrogen functional groups attached to an aromatic ring is 1. The second-order valence-electron chi connectivity index (χ2n) is 5.79. The van der Waals surface area contributed by atoms with Gasteiger partial charge in [-0.1, -0.05) is 0 Å². The first-order chi connectivity index (χ1) is 13.0. The highest BCUT2D eigenvalue weighted by Crippen LogP contribution is 2.45.